The van der Waals surface area contributed by atoms with Crippen LogP contribution in [0.1, 0.15) is 48.2 Å². The van der Waals surface area contributed by atoms with Crippen molar-refractivity contribution in [1.82, 2.24) is 0 Å². The van der Waals surface area contributed by atoms with E-state index in [1.807, 2.05) is 31.2 Å². The van der Waals surface area contributed by atoms with Crippen molar-refractivity contribution >= 4 is 40.7 Å². The molecule has 0 heterocycles. The number of ether oxygens (including phenoxy) is 1. The highest BCUT2D eigenvalue weighted by Crippen LogP contribution is 2.16. The van der Waals surface area contributed by atoms with Gasteiger partial charge in [-0.2, -0.15) is 0 Å². The minimum absolute atomic E-state index is 0.00899. The zero-order chi connectivity index (χ0) is 25.4. The molecule has 0 bridgehead atoms. The highest BCUT2D eigenvalue weighted by atomic mass is 32.1. The number of Topliss-reactive ketones (excluding diaryl/α,β-unsaturated/α-hetero) is 1. The fourth-order valence-corrected chi connectivity index (χ4v) is 2.24. The third kappa shape index (κ3) is 13.4. The fourth-order valence-electron chi connectivity index (χ4n) is 2.24. The Morgan fingerprint density at radius 3 is 1.82 bits per heavy atom. The van der Waals surface area contributed by atoms with Gasteiger partial charge in [0.15, 0.2) is 5.78 Å². The normalized spacial score (nSPS) is 10.2. The van der Waals surface area contributed by atoms with Crippen LogP contribution < -0.4 is 4.74 Å². The van der Waals surface area contributed by atoms with E-state index in [1.54, 1.807) is 24.3 Å². The number of rotatable bonds is 9. The molecule has 1 atom stereocenters. The van der Waals surface area contributed by atoms with E-state index in [2.05, 4.69) is 23.8 Å². The Morgan fingerprint density at radius 1 is 1.00 bits per heavy atom. The van der Waals surface area contributed by atoms with Crippen molar-refractivity contribution in [2.45, 2.75) is 33.6 Å². The first-order valence-corrected chi connectivity index (χ1v) is 10.3. The summed E-state index contributed by atoms with van der Waals surface area (Å²) in [6, 6.07) is 14.5. The van der Waals surface area contributed by atoms with Crippen LogP contribution in [0.15, 0.2) is 55.1 Å². The van der Waals surface area contributed by atoms with Crippen LogP contribution in [0, 0.1) is 12.8 Å². The van der Waals surface area contributed by atoms with Gasteiger partial charge >= 0.3 is 11.9 Å². The summed E-state index contributed by atoms with van der Waals surface area (Å²) in [7, 11) is 0. The Bertz CT molecular complexity index is 957. The Morgan fingerprint density at radius 2 is 1.45 bits per heavy atom. The molecule has 0 spiro atoms. The van der Waals surface area contributed by atoms with Gasteiger partial charge in [-0.3, -0.25) is 19.2 Å². The van der Waals surface area contributed by atoms with Gasteiger partial charge in [-0.15, -0.1) is 0 Å². The zero-order valence-corrected chi connectivity index (χ0v) is 19.7. The van der Waals surface area contributed by atoms with Crippen molar-refractivity contribution in [3.05, 3.63) is 71.8 Å². The molecule has 33 heavy (non-hydrogen) atoms. The maximum absolute atomic E-state index is 12.3. The molecule has 7 nitrogen and oxygen atoms in total. The second-order valence-electron chi connectivity index (χ2n) is 7.00. The van der Waals surface area contributed by atoms with E-state index in [-0.39, 0.29) is 18.0 Å². The smallest absolute Gasteiger partial charge is 0.306 e. The number of aryl methyl sites for hydroxylation is 1. The highest BCUT2D eigenvalue weighted by molar-refractivity contribution is 7.78. The van der Waals surface area contributed by atoms with Crippen LogP contribution in [0.4, 0.5) is 0 Å². The second-order valence-corrected chi connectivity index (χ2v) is 7.29. The van der Waals surface area contributed by atoms with Gasteiger partial charge in [0.2, 0.25) is 0 Å². The molecule has 0 aliphatic rings. The Labute approximate surface area is 198 Å². The number of hydrogen-bond donors (Lipinski definition) is 2. The first-order chi connectivity index (χ1) is 15.5. The summed E-state index contributed by atoms with van der Waals surface area (Å²) in [4.78, 5) is 42.9. The predicted octanol–water partition coefficient (Wildman–Crippen LogP) is 4.54. The molecule has 2 aromatic rings. The summed E-state index contributed by atoms with van der Waals surface area (Å²) in [6.07, 6.45) is 0.0827. The molecule has 0 fully saturated rings. The van der Waals surface area contributed by atoms with Gasteiger partial charge in [0.1, 0.15) is 11.5 Å². The molecule has 1 unspecified atom stereocenters. The Hall–Kier alpha value is -3.61. The lowest BCUT2D eigenvalue weighted by atomic mass is 10.0. The molecule has 0 aliphatic carbocycles. The van der Waals surface area contributed by atoms with Crippen molar-refractivity contribution in [2.24, 2.45) is 5.92 Å². The number of carboxylic acid groups (broad SMARTS) is 2. The van der Waals surface area contributed by atoms with Crippen molar-refractivity contribution in [2.75, 3.05) is 6.61 Å². The molecule has 2 aromatic carbocycles. The first-order valence-electron chi connectivity index (χ1n) is 9.94. The lowest BCUT2D eigenvalue weighted by molar-refractivity contribution is -0.147. The quantitative estimate of drug-likeness (QED) is 0.403. The van der Waals surface area contributed by atoms with E-state index in [0.29, 0.717) is 29.9 Å². The summed E-state index contributed by atoms with van der Waals surface area (Å²) < 4.78 is 5.44. The molecule has 0 aliphatic heterocycles. The number of carboxylic acids is 2. The molecule has 0 saturated carbocycles. The molecule has 0 amide bonds. The first kappa shape index (κ1) is 29.4. The van der Waals surface area contributed by atoms with Crippen LogP contribution in [-0.2, 0) is 14.4 Å². The van der Waals surface area contributed by atoms with E-state index < -0.39 is 17.9 Å². The van der Waals surface area contributed by atoms with Crippen molar-refractivity contribution in [3.63, 3.8) is 0 Å². The van der Waals surface area contributed by atoms with Crippen molar-refractivity contribution in [3.8, 4) is 5.75 Å². The lowest BCUT2D eigenvalue weighted by Gasteiger charge is -2.06. The molecular weight excluding hydrogens is 444 g/mol. The van der Waals surface area contributed by atoms with Crippen LogP contribution in [0.25, 0.3) is 0 Å². The van der Waals surface area contributed by atoms with Gasteiger partial charge in [0, 0.05) is 17.5 Å². The summed E-state index contributed by atoms with van der Waals surface area (Å²) in [5.41, 5.74) is 2.42. The Kier molecular flexibility index (Phi) is 14.3. The van der Waals surface area contributed by atoms with Crippen LogP contribution in [0.2, 0.25) is 0 Å². The van der Waals surface area contributed by atoms with Crippen LogP contribution in [-0.4, -0.2) is 45.3 Å². The van der Waals surface area contributed by atoms with Crippen LogP contribution in [0.5, 0.6) is 5.75 Å². The van der Waals surface area contributed by atoms with Gasteiger partial charge in [0.25, 0.3) is 0 Å². The molecule has 2 rings (SSSR count). The fraction of sp³-hybridized carbons (Fsp3) is 0.280. The van der Waals surface area contributed by atoms with E-state index in [0.717, 1.165) is 5.56 Å². The monoisotopic (exact) mass is 472 g/mol. The van der Waals surface area contributed by atoms with Crippen molar-refractivity contribution < 1.29 is 34.1 Å². The van der Waals surface area contributed by atoms with Gasteiger partial charge in [-0.25, -0.2) is 0 Å². The summed E-state index contributed by atoms with van der Waals surface area (Å²) in [5, 5.41) is 18.3. The van der Waals surface area contributed by atoms with E-state index >= 15 is 0 Å². The lowest BCUT2D eigenvalue weighted by Crippen LogP contribution is -2.13. The molecule has 8 heteroatoms. The predicted molar refractivity (Wildman–Crippen MR) is 129 cm³/mol. The third-order valence-electron chi connectivity index (χ3n) is 4.06. The topological polar surface area (TPSA) is 118 Å². The summed E-state index contributed by atoms with van der Waals surface area (Å²) >= 11 is 4.03. The maximum Gasteiger partial charge on any atom is 0.306 e. The molecular formula is C25H28O7S. The number of ketones is 2. The standard InChI is InChI=1S/C18H18O3.C5H8O4.C2H2S/c1-13-3-5-15(6-4-13)18(20)16-7-9-17(10-8-16)21-12-11-14(2)19;1-3(5(8)9)2-4(6)7;1-2-3/h3-10H,11-12H2,1-2H3;3H,2H2,1H3,(H,6,7)(H,8,9);1H2. The van der Waals surface area contributed by atoms with Gasteiger partial charge < -0.3 is 14.9 Å². The second kappa shape index (κ2) is 16.1. The van der Waals surface area contributed by atoms with E-state index in [9.17, 15) is 19.2 Å². The number of benzene rings is 2. The maximum atomic E-state index is 12.3. The number of carbonyl (C=O) groups excluding carboxylic acids is 2. The number of hydrogen-bond acceptors (Lipinski definition) is 6. The largest absolute Gasteiger partial charge is 0.493 e. The number of carbonyl (C=O) groups is 4. The Balaban J connectivity index is 0.000000715. The molecule has 0 saturated heterocycles. The number of aliphatic carboxylic acids is 2. The molecule has 2 N–H and O–H groups in total. The van der Waals surface area contributed by atoms with E-state index in [1.165, 1.54) is 13.8 Å². The third-order valence-corrected chi connectivity index (χ3v) is 4.06. The summed E-state index contributed by atoms with van der Waals surface area (Å²) in [5.74, 6) is -2.19. The van der Waals surface area contributed by atoms with Crippen LogP contribution >= 0.6 is 12.2 Å². The van der Waals surface area contributed by atoms with E-state index in [4.69, 9.17) is 14.9 Å². The van der Waals surface area contributed by atoms with Gasteiger partial charge in [-0.1, -0.05) is 41.8 Å². The molecule has 176 valence electrons. The number of thiocarbonyl (C=S) groups is 1. The molecule has 0 radical (unpaired) electrons. The molecule has 0 aromatic heterocycles. The highest BCUT2D eigenvalue weighted by Gasteiger charge is 2.14. The average molecular weight is 473 g/mol. The SMILES string of the molecule is C=C=S.CC(=O)CCOc1ccc(C(=O)c2ccc(C)cc2)cc1.CC(CC(=O)O)C(=O)O. The van der Waals surface area contributed by atoms with Gasteiger partial charge in [-0.05, 0) is 56.9 Å². The minimum atomic E-state index is -1.08. The zero-order valence-electron chi connectivity index (χ0n) is 18.9. The van der Waals surface area contributed by atoms with Gasteiger partial charge in [0.05, 0.1) is 18.9 Å². The van der Waals surface area contributed by atoms with Crippen molar-refractivity contribution in [1.29, 1.82) is 0 Å². The minimum Gasteiger partial charge on any atom is -0.493 e. The average Bonchev–Trinajstić information content (AvgIpc) is 2.74. The summed E-state index contributed by atoms with van der Waals surface area (Å²) in [6.45, 7) is 8.29. The van der Waals surface area contributed by atoms with Crippen LogP contribution in [0.3, 0.4) is 0 Å².